The highest BCUT2D eigenvalue weighted by Crippen LogP contribution is 2.47. The Morgan fingerprint density at radius 2 is 1.39 bits per heavy atom. The van der Waals surface area contributed by atoms with Crippen molar-refractivity contribution in [2.45, 2.75) is 49.8 Å². The van der Waals surface area contributed by atoms with Gasteiger partial charge in [0.05, 0.1) is 13.0 Å². The van der Waals surface area contributed by atoms with Gasteiger partial charge in [0.2, 0.25) is 0 Å². The molecule has 11 heteroatoms. The smallest absolute Gasteiger partial charge is 0.460 e. The fraction of sp³-hybridized carbons (Fsp3) is 0.833. The molecule has 0 aliphatic heterocycles. The van der Waals surface area contributed by atoms with E-state index in [2.05, 4.69) is 9.47 Å². The summed E-state index contributed by atoms with van der Waals surface area (Å²) in [4.78, 5) is 22.3. The molecule has 4 nitrogen and oxygen atoms in total. The fourth-order valence-electron chi connectivity index (χ4n) is 2.11. The van der Waals surface area contributed by atoms with Crippen LogP contribution in [0.25, 0.3) is 0 Å². The van der Waals surface area contributed by atoms with Crippen molar-refractivity contribution in [3.63, 3.8) is 0 Å². The number of carbonyl (C=O) groups excluding carboxylic acids is 2. The molecular formula is C12H13F7O4. The number of hydrogen-bond acceptors (Lipinski definition) is 4. The topological polar surface area (TPSA) is 52.6 Å². The average Bonchev–Trinajstić information content (AvgIpc) is 2.45. The third-order valence-corrected chi connectivity index (χ3v) is 3.49. The van der Waals surface area contributed by atoms with Crippen molar-refractivity contribution in [1.82, 2.24) is 0 Å². The van der Waals surface area contributed by atoms with Crippen LogP contribution in [0.4, 0.5) is 30.7 Å². The van der Waals surface area contributed by atoms with Crippen LogP contribution in [0.5, 0.6) is 0 Å². The van der Waals surface area contributed by atoms with Gasteiger partial charge >= 0.3 is 30.0 Å². The van der Waals surface area contributed by atoms with Gasteiger partial charge < -0.3 is 9.47 Å². The first-order chi connectivity index (χ1) is 10.3. The molecule has 23 heavy (non-hydrogen) atoms. The second-order valence-corrected chi connectivity index (χ2v) is 5.05. The Morgan fingerprint density at radius 3 is 1.78 bits per heavy atom. The van der Waals surface area contributed by atoms with Gasteiger partial charge in [-0.2, -0.15) is 30.7 Å². The second-order valence-electron chi connectivity index (χ2n) is 5.05. The Balaban J connectivity index is 2.69. The molecule has 1 saturated carbocycles. The van der Waals surface area contributed by atoms with E-state index < -0.39 is 42.0 Å². The standard InChI is InChI=1S/C12H13F7O4/c1-22-8(20)6-2-4-7(5-3-6)23-9(21)10(13,14)11(15,16)12(17,18)19/h6-7H,2-5H2,1H3. The molecule has 0 amide bonds. The molecule has 0 unspecified atom stereocenters. The van der Waals surface area contributed by atoms with Gasteiger partial charge in [0.25, 0.3) is 0 Å². The van der Waals surface area contributed by atoms with Crippen molar-refractivity contribution in [2.24, 2.45) is 5.92 Å². The molecule has 0 spiro atoms. The number of methoxy groups -OCH3 is 1. The number of esters is 2. The lowest BCUT2D eigenvalue weighted by Gasteiger charge is -2.30. The number of carbonyl (C=O) groups is 2. The Kier molecular flexibility index (Phi) is 5.53. The predicted octanol–water partition coefficient (Wildman–Crippen LogP) is 3.09. The third kappa shape index (κ3) is 3.86. The van der Waals surface area contributed by atoms with E-state index in [1.165, 1.54) is 0 Å². The maximum absolute atomic E-state index is 13.1. The Morgan fingerprint density at radius 1 is 0.913 bits per heavy atom. The van der Waals surface area contributed by atoms with E-state index in [4.69, 9.17) is 0 Å². The van der Waals surface area contributed by atoms with Crippen LogP contribution < -0.4 is 0 Å². The van der Waals surface area contributed by atoms with Crippen molar-refractivity contribution >= 4 is 11.9 Å². The van der Waals surface area contributed by atoms with E-state index in [1.54, 1.807) is 0 Å². The van der Waals surface area contributed by atoms with E-state index >= 15 is 0 Å². The first-order valence-electron chi connectivity index (χ1n) is 6.45. The number of rotatable bonds is 4. The Bertz CT molecular complexity index is 453. The minimum absolute atomic E-state index is 0.0753. The van der Waals surface area contributed by atoms with Crippen LogP contribution >= 0.6 is 0 Å². The molecule has 1 aliphatic carbocycles. The van der Waals surface area contributed by atoms with Crippen molar-refractivity contribution in [3.05, 3.63) is 0 Å². The van der Waals surface area contributed by atoms with Crippen LogP contribution in [0.15, 0.2) is 0 Å². The molecule has 0 heterocycles. The highest BCUT2D eigenvalue weighted by molar-refractivity contribution is 5.79. The summed E-state index contributed by atoms with van der Waals surface area (Å²) >= 11 is 0. The molecule has 134 valence electrons. The monoisotopic (exact) mass is 354 g/mol. The normalized spacial score (nSPS) is 23.3. The van der Waals surface area contributed by atoms with Crippen molar-refractivity contribution < 1.29 is 49.8 Å². The number of alkyl halides is 7. The van der Waals surface area contributed by atoms with E-state index in [9.17, 15) is 40.3 Å². The highest BCUT2D eigenvalue weighted by Gasteiger charge is 2.77. The minimum Gasteiger partial charge on any atom is -0.469 e. The summed E-state index contributed by atoms with van der Waals surface area (Å²) in [5.41, 5.74) is 0. The Hall–Kier alpha value is -1.55. The van der Waals surface area contributed by atoms with Gasteiger partial charge in [0.1, 0.15) is 6.10 Å². The SMILES string of the molecule is COC(=O)C1CCC(OC(=O)C(F)(F)C(F)(F)C(F)(F)F)CC1. The maximum atomic E-state index is 13.1. The summed E-state index contributed by atoms with van der Waals surface area (Å²) < 4.78 is 96.0. The lowest BCUT2D eigenvalue weighted by Crippen LogP contribution is -2.57. The Labute approximate surface area is 125 Å². The van der Waals surface area contributed by atoms with Crippen LogP contribution in [0.1, 0.15) is 25.7 Å². The maximum Gasteiger partial charge on any atom is 0.460 e. The molecule has 1 aliphatic rings. The first-order valence-corrected chi connectivity index (χ1v) is 6.45. The minimum atomic E-state index is -6.60. The van der Waals surface area contributed by atoms with Crippen LogP contribution in [-0.4, -0.2) is 43.2 Å². The molecule has 1 rings (SSSR count). The molecular weight excluding hydrogens is 341 g/mol. The molecule has 1 fully saturated rings. The quantitative estimate of drug-likeness (QED) is 0.575. The van der Waals surface area contributed by atoms with Gasteiger partial charge in [-0.25, -0.2) is 4.79 Å². The summed E-state index contributed by atoms with van der Waals surface area (Å²) in [5, 5.41) is 0. The van der Waals surface area contributed by atoms with Crippen molar-refractivity contribution in [3.8, 4) is 0 Å². The van der Waals surface area contributed by atoms with Gasteiger partial charge in [0.15, 0.2) is 0 Å². The largest absolute Gasteiger partial charge is 0.469 e. The molecule has 0 radical (unpaired) electrons. The van der Waals surface area contributed by atoms with Crippen LogP contribution in [0.3, 0.4) is 0 Å². The first kappa shape index (κ1) is 19.5. The second kappa shape index (κ2) is 6.52. The molecule has 0 atom stereocenters. The van der Waals surface area contributed by atoms with Crippen LogP contribution in [-0.2, 0) is 19.1 Å². The molecule has 0 N–H and O–H groups in total. The van der Waals surface area contributed by atoms with Gasteiger partial charge in [-0.1, -0.05) is 0 Å². The molecule has 0 saturated heterocycles. The third-order valence-electron chi connectivity index (χ3n) is 3.49. The number of ether oxygens (including phenoxy) is 2. The van der Waals surface area contributed by atoms with E-state index in [0.29, 0.717) is 0 Å². The van der Waals surface area contributed by atoms with Crippen molar-refractivity contribution in [1.29, 1.82) is 0 Å². The van der Waals surface area contributed by atoms with Crippen molar-refractivity contribution in [2.75, 3.05) is 7.11 Å². The van der Waals surface area contributed by atoms with E-state index in [-0.39, 0.29) is 25.7 Å². The van der Waals surface area contributed by atoms with Gasteiger partial charge in [0, 0.05) is 0 Å². The van der Waals surface area contributed by atoms with Crippen LogP contribution in [0.2, 0.25) is 0 Å². The predicted molar refractivity (Wildman–Crippen MR) is 59.8 cm³/mol. The summed E-state index contributed by atoms with van der Waals surface area (Å²) in [6.07, 6.45) is -7.97. The highest BCUT2D eigenvalue weighted by atomic mass is 19.4. The zero-order valence-electron chi connectivity index (χ0n) is 11.8. The molecule has 0 aromatic heterocycles. The zero-order valence-corrected chi connectivity index (χ0v) is 11.8. The van der Waals surface area contributed by atoms with E-state index in [0.717, 1.165) is 7.11 Å². The van der Waals surface area contributed by atoms with Gasteiger partial charge in [-0.3, -0.25) is 4.79 Å². The molecule has 0 bridgehead atoms. The van der Waals surface area contributed by atoms with Gasteiger partial charge in [-0.15, -0.1) is 0 Å². The van der Waals surface area contributed by atoms with E-state index in [1.807, 2.05) is 0 Å². The average molecular weight is 354 g/mol. The molecule has 0 aromatic carbocycles. The summed E-state index contributed by atoms with van der Waals surface area (Å²) in [6.45, 7) is 0. The fourth-order valence-corrected chi connectivity index (χ4v) is 2.11. The summed E-state index contributed by atoms with van der Waals surface area (Å²) in [6, 6.07) is 0. The molecule has 0 aromatic rings. The summed E-state index contributed by atoms with van der Waals surface area (Å²) in [5.74, 6) is -16.7. The summed E-state index contributed by atoms with van der Waals surface area (Å²) in [7, 11) is 1.13. The van der Waals surface area contributed by atoms with Gasteiger partial charge in [-0.05, 0) is 25.7 Å². The zero-order chi connectivity index (χ0) is 18.1. The lowest BCUT2D eigenvalue weighted by atomic mass is 9.87. The number of halogens is 7. The number of hydrogen-bond donors (Lipinski definition) is 0. The van der Waals surface area contributed by atoms with Crippen LogP contribution in [0, 0.1) is 5.92 Å². The lowest BCUT2D eigenvalue weighted by molar-refractivity contribution is -0.349.